The number of rotatable bonds is 5. The normalized spacial score (nSPS) is 15.7. The van der Waals surface area contributed by atoms with Gasteiger partial charge in [0.1, 0.15) is 0 Å². The average molecular weight is 318 g/mol. The second-order valence-corrected chi connectivity index (χ2v) is 6.24. The molecular weight excluding hydrogens is 292 g/mol. The topological polar surface area (TPSA) is 55.9 Å². The number of carbonyl (C=O) groups excluding carboxylic acids is 2. The lowest BCUT2D eigenvalue weighted by atomic mass is 10.1. The van der Waals surface area contributed by atoms with Gasteiger partial charge in [-0.25, -0.2) is 0 Å². The first-order valence-electron chi connectivity index (χ1n) is 7.98. The molecule has 1 aromatic rings. The van der Waals surface area contributed by atoms with Gasteiger partial charge in [-0.1, -0.05) is 6.07 Å². The minimum absolute atomic E-state index is 0.000964. The summed E-state index contributed by atoms with van der Waals surface area (Å²) in [6.45, 7) is 4.60. The molecule has 1 aliphatic heterocycles. The minimum atomic E-state index is -0.139. The molecule has 23 heavy (non-hydrogen) atoms. The summed E-state index contributed by atoms with van der Waals surface area (Å²) in [5.41, 5.74) is 1.11. The highest BCUT2D eigenvalue weighted by molar-refractivity contribution is 5.99. The number of hydrogen-bond acceptors (Lipinski definition) is 4. The third-order valence-electron chi connectivity index (χ3n) is 4.01. The van der Waals surface area contributed by atoms with Gasteiger partial charge in [-0.05, 0) is 39.3 Å². The third kappa shape index (κ3) is 5.04. The first-order chi connectivity index (χ1) is 11.0. The minimum Gasteiger partial charge on any atom is -0.351 e. The Labute approximate surface area is 138 Å². The second kappa shape index (κ2) is 8.08. The number of benzene rings is 1. The van der Waals surface area contributed by atoms with Crippen molar-refractivity contribution in [2.24, 2.45) is 0 Å². The van der Waals surface area contributed by atoms with Crippen LogP contribution in [0.25, 0.3) is 0 Å². The van der Waals surface area contributed by atoms with E-state index in [1.165, 1.54) is 0 Å². The van der Waals surface area contributed by atoms with E-state index >= 15 is 0 Å². The molecule has 1 saturated heterocycles. The molecule has 1 aromatic carbocycles. The summed E-state index contributed by atoms with van der Waals surface area (Å²) in [4.78, 5) is 30.8. The number of likely N-dealkylation sites (N-methyl/N-ethyl adjacent to an activating group) is 2. The number of nitrogens with zero attached hydrogens (tertiary/aromatic N) is 3. The van der Waals surface area contributed by atoms with E-state index in [2.05, 4.69) is 17.3 Å². The van der Waals surface area contributed by atoms with Gasteiger partial charge in [0.25, 0.3) is 11.8 Å². The zero-order chi connectivity index (χ0) is 16.8. The van der Waals surface area contributed by atoms with Gasteiger partial charge in [0.2, 0.25) is 0 Å². The summed E-state index contributed by atoms with van der Waals surface area (Å²) in [5, 5.41) is 2.87. The molecule has 1 fully saturated rings. The summed E-state index contributed by atoms with van der Waals surface area (Å²) in [5.74, 6) is -0.138. The van der Waals surface area contributed by atoms with Crippen molar-refractivity contribution >= 4 is 11.8 Å². The lowest BCUT2D eigenvalue weighted by Crippen LogP contribution is -2.47. The van der Waals surface area contributed by atoms with Crippen molar-refractivity contribution in [1.29, 1.82) is 0 Å². The maximum atomic E-state index is 12.6. The Morgan fingerprint density at radius 2 is 1.78 bits per heavy atom. The summed E-state index contributed by atoms with van der Waals surface area (Å²) in [6.07, 6.45) is 0. The quantitative estimate of drug-likeness (QED) is 0.852. The van der Waals surface area contributed by atoms with Crippen molar-refractivity contribution in [2.75, 3.05) is 60.4 Å². The molecule has 1 heterocycles. The van der Waals surface area contributed by atoms with Crippen molar-refractivity contribution in [3.8, 4) is 0 Å². The molecule has 0 spiro atoms. The lowest BCUT2D eigenvalue weighted by molar-refractivity contribution is 0.0664. The van der Waals surface area contributed by atoms with Crippen LogP contribution < -0.4 is 5.32 Å². The predicted octanol–water partition coefficient (Wildman–Crippen LogP) is 0.366. The van der Waals surface area contributed by atoms with Crippen molar-refractivity contribution in [3.05, 3.63) is 35.4 Å². The number of nitrogens with one attached hydrogen (secondary N) is 1. The predicted molar refractivity (Wildman–Crippen MR) is 90.7 cm³/mol. The molecule has 0 saturated carbocycles. The van der Waals surface area contributed by atoms with E-state index in [-0.39, 0.29) is 11.8 Å². The van der Waals surface area contributed by atoms with Crippen LogP contribution in [0, 0.1) is 0 Å². The average Bonchev–Trinajstić information content (AvgIpc) is 2.54. The van der Waals surface area contributed by atoms with E-state index in [0.29, 0.717) is 17.7 Å². The van der Waals surface area contributed by atoms with E-state index in [9.17, 15) is 9.59 Å². The number of amides is 2. The van der Waals surface area contributed by atoms with Crippen LogP contribution >= 0.6 is 0 Å². The van der Waals surface area contributed by atoms with Crippen molar-refractivity contribution < 1.29 is 9.59 Å². The standard InChI is InChI=1S/C17H26N4O2/c1-19(2)8-7-18-16(22)14-5-4-6-15(13-14)17(23)21-11-9-20(3)10-12-21/h4-6,13H,7-12H2,1-3H3,(H,18,22). The molecule has 0 unspecified atom stereocenters. The summed E-state index contributed by atoms with van der Waals surface area (Å²) >= 11 is 0. The summed E-state index contributed by atoms with van der Waals surface area (Å²) in [7, 11) is 5.98. The Morgan fingerprint density at radius 3 is 2.43 bits per heavy atom. The smallest absolute Gasteiger partial charge is 0.253 e. The van der Waals surface area contributed by atoms with Crippen molar-refractivity contribution in [2.45, 2.75) is 0 Å². The maximum absolute atomic E-state index is 12.6. The van der Waals surface area contributed by atoms with Gasteiger partial charge in [0.05, 0.1) is 0 Å². The van der Waals surface area contributed by atoms with Crippen LogP contribution in [0.4, 0.5) is 0 Å². The largest absolute Gasteiger partial charge is 0.351 e. The zero-order valence-corrected chi connectivity index (χ0v) is 14.2. The van der Waals surface area contributed by atoms with E-state index < -0.39 is 0 Å². The first kappa shape index (κ1) is 17.4. The monoisotopic (exact) mass is 318 g/mol. The van der Waals surface area contributed by atoms with E-state index in [0.717, 1.165) is 32.7 Å². The summed E-state index contributed by atoms with van der Waals surface area (Å²) < 4.78 is 0. The number of hydrogen-bond donors (Lipinski definition) is 1. The SMILES string of the molecule is CN(C)CCNC(=O)c1cccc(C(=O)N2CCN(C)CC2)c1. The van der Waals surface area contributed by atoms with Crippen molar-refractivity contribution in [1.82, 2.24) is 20.0 Å². The Morgan fingerprint density at radius 1 is 1.13 bits per heavy atom. The molecule has 0 atom stereocenters. The molecule has 2 amide bonds. The molecule has 6 nitrogen and oxygen atoms in total. The second-order valence-electron chi connectivity index (χ2n) is 6.24. The molecule has 0 aliphatic carbocycles. The molecule has 2 rings (SSSR count). The van der Waals surface area contributed by atoms with Crippen LogP contribution in [0.1, 0.15) is 20.7 Å². The Bertz CT molecular complexity index is 551. The Kier molecular flexibility index (Phi) is 6.12. The van der Waals surface area contributed by atoms with Gasteiger partial charge < -0.3 is 20.0 Å². The molecule has 0 radical (unpaired) electrons. The molecular formula is C17H26N4O2. The highest BCUT2D eigenvalue weighted by atomic mass is 16.2. The summed E-state index contributed by atoms with van der Waals surface area (Å²) in [6, 6.07) is 6.97. The molecule has 126 valence electrons. The van der Waals surface area contributed by atoms with E-state index in [1.54, 1.807) is 24.3 Å². The Balaban J connectivity index is 1.98. The van der Waals surface area contributed by atoms with Crippen LogP contribution in [-0.4, -0.2) is 86.9 Å². The highest BCUT2D eigenvalue weighted by Crippen LogP contribution is 2.10. The van der Waals surface area contributed by atoms with Crippen LogP contribution in [0.5, 0.6) is 0 Å². The van der Waals surface area contributed by atoms with Gasteiger partial charge in [0.15, 0.2) is 0 Å². The number of carbonyl (C=O) groups is 2. The van der Waals surface area contributed by atoms with Crippen LogP contribution in [0.2, 0.25) is 0 Å². The molecule has 1 N–H and O–H groups in total. The lowest BCUT2D eigenvalue weighted by Gasteiger charge is -2.32. The van der Waals surface area contributed by atoms with E-state index in [4.69, 9.17) is 0 Å². The van der Waals surface area contributed by atoms with Gasteiger partial charge >= 0.3 is 0 Å². The molecule has 1 aliphatic rings. The highest BCUT2D eigenvalue weighted by Gasteiger charge is 2.21. The van der Waals surface area contributed by atoms with Crippen LogP contribution in [0.15, 0.2) is 24.3 Å². The van der Waals surface area contributed by atoms with E-state index in [1.807, 2.05) is 23.9 Å². The molecule has 6 heteroatoms. The zero-order valence-electron chi connectivity index (χ0n) is 14.2. The Hall–Kier alpha value is -1.92. The van der Waals surface area contributed by atoms with Crippen LogP contribution in [-0.2, 0) is 0 Å². The fourth-order valence-corrected chi connectivity index (χ4v) is 2.48. The van der Waals surface area contributed by atoms with Gasteiger partial charge in [0, 0.05) is 50.4 Å². The van der Waals surface area contributed by atoms with Crippen LogP contribution in [0.3, 0.4) is 0 Å². The fraction of sp³-hybridized carbons (Fsp3) is 0.529. The molecule has 0 aromatic heterocycles. The molecule has 0 bridgehead atoms. The number of piperazine rings is 1. The fourth-order valence-electron chi connectivity index (χ4n) is 2.48. The third-order valence-corrected chi connectivity index (χ3v) is 4.01. The van der Waals surface area contributed by atoms with Crippen molar-refractivity contribution in [3.63, 3.8) is 0 Å². The first-order valence-corrected chi connectivity index (χ1v) is 7.98. The van der Waals surface area contributed by atoms with Gasteiger partial charge in [-0.3, -0.25) is 9.59 Å². The maximum Gasteiger partial charge on any atom is 0.253 e. The van der Waals surface area contributed by atoms with Gasteiger partial charge in [-0.2, -0.15) is 0 Å². The van der Waals surface area contributed by atoms with Gasteiger partial charge in [-0.15, -0.1) is 0 Å².